The molecular weight excluding hydrogens is 228 g/mol. The van der Waals surface area contributed by atoms with E-state index < -0.39 is 5.92 Å². The molecule has 2 rings (SSSR count). The van der Waals surface area contributed by atoms with Gasteiger partial charge in [-0.05, 0) is 44.4 Å². The van der Waals surface area contributed by atoms with Crippen molar-refractivity contribution in [1.29, 1.82) is 0 Å². The summed E-state index contributed by atoms with van der Waals surface area (Å²) >= 11 is 0. The van der Waals surface area contributed by atoms with E-state index in [1.807, 2.05) is 6.92 Å². The molecular formula is C15H24O3. The van der Waals surface area contributed by atoms with E-state index in [1.165, 1.54) is 19.3 Å². The highest BCUT2D eigenvalue weighted by molar-refractivity contribution is 6.00. The Labute approximate surface area is 109 Å². The van der Waals surface area contributed by atoms with Crippen molar-refractivity contribution in [2.75, 3.05) is 6.61 Å². The Kier molecular flexibility index (Phi) is 4.41. The lowest BCUT2D eigenvalue weighted by atomic mass is 9.80. The summed E-state index contributed by atoms with van der Waals surface area (Å²) in [6.45, 7) is 4.17. The molecule has 2 aliphatic carbocycles. The van der Waals surface area contributed by atoms with Gasteiger partial charge in [0.15, 0.2) is 0 Å². The van der Waals surface area contributed by atoms with Gasteiger partial charge in [0, 0.05) is 5.92 Å². The van der Waals surface area contributed by atoms with Crippen molar-refractivity contribution in [3.8, 4) is 0 Å². The predicted molar refractivity (Wildman–Crippen MR) is 69.0 cm³/mol. The standard InChI is InChI=1S/C15H24O3/c1-3-5-12(15(17)18-4-2)14(16)13-9-10-6-7-11(13)8-10/h10-13H,3-9H2,1-2H3. The molecule has 0 N–H and O–H groups in total. The Balaban J connectivity index is 2.01. The first kappa shape index (κ1) is 13.6. The number of hydrogen-bond donors (Lipinski definition) is 0. The molecule has 4 unspecified atom stereocenters. The second-order valence-corrected chi connectivity index (χ2v) is 5.78. The van der Waals surface area contributed by atoms with E-state index in [9.17, 15) is 9.59 Å². The third kappa shape index (κ3) is 2.60. The molecule has 0 saturated heterocycles. The van der Waals surface area contributed by atoms with Gasteiger partial charge >= 0.3 is 5.97 Å². The topological polar surface area (TPSA) is 43.4 Å². The van der Waals surface area contributed by atoms with Crippen LogP contribution in [0.25, 0.3) is 0 Å². The first-order valence-electron chi connectivity index (χ1n) is 7.37. The third-order valence-corrected chi connectivity index (χ3v) is 4.60. The molecule has 0 spiro atoms. The number of fused-ring (bicyclic) bond motifs is 2. The largest absolute Gasteiger partial charge is 0.465 e. The molecule has 0 aromatic carbocycles. The van der Waals surface area contributed by atoms with Gasteiger partial charge < -0.3 is 4.74 Å². The maximum Gasteiger partial charge on any atom is 0.316 e. The molecule has 2 saturated carbocycles. The van der Waals surface area contributed by atoms with E-state index in [4.69, 9.17) is 4.74 Å². The van der Waals surface area contributed by atoms with Crippen LogP contribution in [0.1, 0.15) is 52.4 Å². The maximum atomic E-state index is 12.5. The highest BCUT2D eigenvalue weighted by Gasteiger charge is 2.45. The summed E-state index contributed by atoms with van der Waals surface area (Å²) in [5.41, 5.74) is 0. The van der Waals surface area contributed by atoms with Gasteiger partial charge in [-0.3, -0.25) is 9.59 Å². The van der Waals surface area contributed by atoms with E-state index in [0.717, 1.165) is 18.8 Å². The normalized spacial score (nSPS) is 31.3. The first-order chi connectivity index (χ1) is 8.67. The zero-order chi connectivity index (χ0) is 13.1. The third-order valence-electron chi connectivity index (χ3n) is 4.60. The van der Waals surface area contributed by atoms with Crippen LogP contribution >= 0.6 is 0 Å². The zero-order valence-electron chi connectivity index (χ0n) is 11.5. The maximum absolute atomic E-state index is 12.5. The molecule has 2 bridgehead atoms. The summed E-state index contributed by atoms with van der Waals surface area (Å²) in [5.74, 6) is 0.809. The van der Waals surface area contributed by atoms with E-state index in [-0.39, 0.29) is 17.7 Å². The van der Waals surface area contributed by atoms with Crippen molar-refractivity contribution in [3.63, 3.8) is 0 Å². The number of esters is 1. The number of ether oxygens (including phenoxy) is 1. The Morgan fingerprint density at radius 1 is 1.22 bits per heavy atom. The minimum atomic E-state index is -0.501. The number of hydrogen-bond acceptors (Lipinski definition) is 3. The molecule has 102 valence electrons. The highest BCUT2D eigenvalue weighted by atomic mass is 16.5. The minimum absolute atomic E-state index is 0.143. The summed E-state index contributed by atoms with van der Waals surface area (Å²) in [5, 5.41) is 0. The molecule has 18 heavy (non-hydrogen) atoms. The molecule has 3 heteroatoms. The predicted octanol–water partition coefficient (Wildman–Crippen LogP) is 2.97. The molecule has 0 radical (unpaired) electrons. The average molecular weight is 252 g/mol. The number of carbonyl (C=O) groups is 2. The van der Waals surface area contributed by atoms with Crippen molar-refractivity contribution < 1.29 is 14.3 Å². The minimum Gasteiger partial charge on any atom is -0.465 e. The molecule has 2 fully saturated rings. The van der Waals surface area contributed by atoms with Crippen molar-refractivity contribution >= 4 is 11.8 Å². The van der Waals surface area contributed by atoms with E-state index >= 15 is 0 Å². The molecule has 0 aromatic rings. The van der Waals surface area contributed by atoms with Crippen molar-refractivity contribution in [2.45, 2.75) is 52.4 Å². The summed E-state index contributed by atoms with van der Waals surface area (Å²) in [6.07, 6.45) is 6.19. The van der Waals surface area contributed by atoms with Gasteiger partial charge in [0.1, 0.15) is 11.7 Å². The van der Waals surface area contributed by atoms with Crippen molar-refractivity contribution in [1.82, 2.24) is 0 Å². The smallest absolute Gasteiger partial charge is 0.316 e. The van der Waals surface area contributed by atoms with Crippen LogP contribution in [0.4, 0.5) is 0 Å². The van der Waals surface area contributed by atoms with Crippen LogP contribution in [0.5, 0.6) is 0 Å². The molecule has 4 atom stereocenters. The lowest BCUT2D eigenvalue weighted by Crippen LogP contribution is -2.33. The lowest BCUT2D eigenvalue weighted by Gasteiger charge is -2.24. The monoisotopic (exact) mass is 252 g/mol. The molecule has 2 aliphatic rings. The SMILES string of the molecule is CCCC(C(=O)OCC)C(=O)C1CC2CCC1C2. The zero-order valence-corrected chi connectivity index (χ0v) is 11.5. The summed E-state index contributed by atoms with van der Waals surface area (Å²) in [7, 11) is 0. The van der Waals surface area contributed by atoms with Crippen molar-refractivity contribution in [3.05, 3.63) is 0 Å². The highest BCUT2D eigenvalue weighted by Crippen LogP contribution is 2.49. The van der Waals surface area contributed by atoms with Crippen LogP contribution in [0, 0.1) is 23.7 Å². The van der Waals surface area contributed by atoms with Crippen LogP contribution in [-0.2, 0) is 14.3 Å². The van der Waals surface area contributed by atoms with E-state index in [0.29, 0.717) is 18.9 Å². The molecule has 0 aromatic heterocycles. The summed E-state index contributed by atoms with van der Waals surface area (Å²) < 4.78 is 5.06. The lowest BCUT2D eigenvalue weighted by molar-refractivity contribution is -0.153. The van der Waals surface area contributed by atoms with Gasteiger partial charge in [-0.15, -0.1) is 0 Å². The van der Waals surface area contributed by atoms with Crippen LogP contribution in [0.15, 0.2) is 0 Å². The average Bonchev–Trinajstić information content (AvgIpc) is 2.97. The van der Waals surface area contributed by atoms with Crippen LogP contribution < -0.4 is 0 Å². The Hall–Kier alpha value is -0.860. The summed E-state index contributed by atoms with van der Waals surface area (Å²) in [4.78, 5) is 24.4. The first-order valence-corrected chi connectivity index (χ1v) is 7.37. The van der Waals surface area contributed by atoms with Gasteiger partial charge in [0.25, 0.3) is 0 Å². The van der Waals surface area contributed by atoms with Crippen LogP contribution in [0.3, 0.4) is 0 Å². The number of ketones is 1. The van der Waals surface area contributed by atoms with Gasteiger partial charge in [0.2, 0.25) is 0 Å². The molecule has 0 heterocycles. The number of carbonyl (C=O) groups excluding carboxylic acids is 2. The second-order valence-electron chi connectivity index (χ2n) is 5.78. The summed E-state index contributed by atoms with van der Waals surface area (Å²) in [6, 6.07) is 0. The van der Waals surface area contributed by atoms with E-state index in [2.05, 4.69) is 0 Å². The fourth-order valence-electron chi connectivity index (χ4n) is 3.76. The fraction of sp³-hybridized carbons (Fsp3) is 0.867. The quantitative estimate of drug-likeness (QED) is 0.539. The van der Waals surface area contributed by atoms with Crippen LogP contribution in [0.2, 0.25) is 0 Å². The van der Waals surface area contributed by atoms with Gasteiger partial charge in [-0.2, -0.15) is 0 Å². The second kappa shape index (κ2) is 5.85. The van der Waals surface area contributed by atoms with Crippen LogP contribution in [-0.4, -0.2) is 18.4 Å². The molecule has 0 amide bonds. The number of rotatable bonds is 6. The van der Waals surface area contributed by atoms with E-state index in [1.54, 1.807) is 6.92 Å². The Morgan fingerprint density at radius 2 is 2.00 bits per heavy atom. The molecule has 3 nitrogen and oxygen atoms in total. The van der Waals surface area contributed by atoms with Gasteiger partial charge in [0.05, 0.1) is 6.61 Å². The van der Waals surface area contributed by atoms with Gasteiger partial charge in [-0.25, -0.2) is 0 Å². The molecule has 0 aliphatic heterocycles. The Morgan fingerprint density at radius 3 is 2.50 bits per heavy atom. The Bertz CT molecular complexity index is 324. The van der Waals surface area contributed by atoms with Crippen molar-refractivity contribution in [2.24, 2.45) is 23.7 Å². The van der Waals surface area contributed by atoms with Gasteiger partial charge in [-0.1, -0.05) is 19.8 Å². The fourth-order valence-corrected chi connectivity index (χ4v) is 3.76. The number of Topliss-reactive ketones (excluding diaryl/α,β-unsaturated/α-hetero) is 1.